The zero-order chi connectivity index (χ0) is 20.2. The maximum absolute atomic E-state index is 7.50. The zero-order valence-electron chi connectivity index (χ0n) is 15.8. The quantitative estimate of drug-likeness (QED) is 0.217. The summed E-state index contributed by atoms with van der Waals surface area (Å²) in [5.74, 6) is 3.77. The summed E-state index contributed by atoms with van der Waals surface area (Å²) in [7, 11) is 0. The fourth-order valence-electron chi connectivity index (χ4n) is 2.48. The van der Waals surface area contributed by atoms with E-state index in [1.165, 1.54) is 43.2 Å². The van der Waals surface area contributed by atoms with Crippen molar-refractivity contribution in [2.75, 3.05) is 0 Å². The molecule has 0 N–H and O–H groups in total. The van der Waals surface area contributed by atoms with Gasteiger partial charge in [-0.3, -0.25) is 0 Å². The van der Waals surface area contributed by atoms with Crippen molar-refractivity contribution in [2.24, 2.45) is 10.9 Å². The van der Waals surface area contributed by atoms with Crippen molar-refractivity contribution in [3.8, 4) is 0 Å². The van der Waals surface area contributed by atoms with E-state index in [-0.39, 0.29) is 17.1 Å². The van der Waals surface area contributed by atoms with Crippen molar-refractivity contribution in [1.29, 1.82) is 0 Å². The molecule has 5 heteroatoms. The normalized spacial score (nSPS) is 12.3. The molecular formula is C22H25FeNO3. The Morgan fingerprint density at radius 1 is 1.00 bits per heavy atom. The van der Waals surface area contributed by atoms with Crippen LogP contribution in [0.2, 0.25) is 0 Å². The van der Waals surface area contributed by atoms with Crippen LogP contribution in [0.1, 0.15) is 51.5 Å². The fraction of sp³-hybridized carbons (Fsp3) is 0.409. The van der Waals surface area contributed by atoms with Crippen molar-refractivity contribution >= 4 is 11.9 Å². The molecule has 1 aromatic carbocycles. The Hall–Kier alpha value is -1.85. The van der Waals surface area contributed by atoms with Crippen LogP contribution in [0.5, 0.6) is 0 Å². The first-order valence-corrected chi connectivity index (χ1v) is 8.43. The maximum Gasteiger partial charge on any atom is 0 e. The SMILES string of the molecule is CC(C)C(=C=NC1CCCCC1)/C=C/c1ccccc1.[C-]#[O+].[C-]#[O+].[C-]#[O+].[Fe]. The molecule has 27 heavy (non-hydrogen) atoms. The van der Waals surface area contributed by atoms with Gasteiger partial charge in [-0.15, -0.1) is 0 Å². The molecule has 0 spiro atoms. The van der Waals surface area contributed by atoms with Gasteiger partial charge in [0, 0.05) is 22.6 Å². The van der Waals surface area contributed by atoms with Crippen LogP contribution in [0, 0.1) is 25.9 Å². The Balaban J connectivity index is -0.000000749. The minimum atomic E-state index is 0. The smallest absolute Gasteiger partial charge is 0 e. The number of benzene rings is 1. The van der Waals surface area contributed by atoms with Gasteiger partial charge in [-0.25, -0.2) is 4.99 Å². The summed E-state index contributed by atoms with van der Waals surface area (Å²) in [6.07, 6.45) is 10.8. The van der Waals surface area contributed by atoms with E-state index in [0.717, 1.165) is 0 Å². The maximum atomic E-state index is 7.50. The molecule has 0 unspecified atom stereocenters. The summed E-state index contributed by atoms with van der Waals surface area (Å²) in [5.41, 5.74) is 2.42. The van der Waals surface area contributed by atoms with Crippen molar-refractivity contribution < 1.29 is 31.0 Å². The van der Waals surface area contributed by atoms with Crippen LogP contribution in [0.25, 0.3) is 6.08 Å². The molecule has 144 valence electrons. The first-order valence-electron chi connectivity index (χ1n) is 8.43. The fourth-order valence-corrected chi connectivity index (χ4v) is 2.48. The molecule has 1 fully saturated rings. The van der Waals surface area contributed by atoms with E-state index in [9.17, 15) is 0 Å². The largest absolute Gasteiger partial charge is 0 e. The van der Waals surface area contributed by atoms with Crippen LogP contribution in [-0.2, 0) is 31.0 Å². The van der Waals surface area contributed by atoms with Gasteiger partial charge in [-0.2, -0.15) is 0 Å². The molecule has 0 heterocycles. The van der Waals surface area contributed by atoms with Crippen molar-refractivity contribution in [2.45, 2.75) is 52.0 Å². The molecule has 1 aliphatic carbocycles. The van der Waals surface area contributed by atoms with Gasteiger partial charge in [-0.05, 0) is 36.3 Å². The second kappa shape index (κ2) is 22.2. The summed E-state index contributed by atoms with van der Waals surface area (Å²) in [6, 6.07) is 10.9. The van der Waals surface area contributed by atoms with Gasteiger partial charge >= 0.3 is 33.9 Å². The Morgan fingerprint density at radius 2 is 1.52 bits per heavy atom. The van der Waals surface area contributed by atoms with Crippen molar-refractivity contribution in [1.82, 2.24) is 0 Å². The Morgan fingerprint density at radius 3 is 2.00 bits per heavy atom. The molecule has 1 aliphatic rings. The molecule has 1 saturated carbocycles. The number of rotatable bonds is 4. The Labute approximate surface area is 173 Å². The van der Waals surface area contributed by atoms with E-state index < -0.39 is 0 Å². The van der Waals surface area contributed by atoms with Crippen LogP contribution in [0.4, 0.5) is 0 Å². The molecule has 0 atom stereocenters. The predicted molar refractivity (Wildman–Crippen MR) is 99.9 cm³/mol. The van der Waals surface area contributed by atoms with E-state index in [4.69, 9.17) is 14.0 Å². The predicted octanol–water partition coefficient (Wildman–Crippen LogP) is 5.17. The van der Waals surface area contributed by atoms with Gasteiger partial charge in [0.15, 0.2) is 0 Å². The third-order valence-electron chi connectivity index (χ3n) is 3.83. The monoisotopic (exact) mass is 407 g/mol. The Kier molecular flexibility index (Phi) is 24.6. The van der Waals surface area contributed by atoms with Gasteiger partial charge < -0.3 is 0 Å². The molecule has 2 rings (SSSR count). The Bertz CT molecular complexity index is 604. The number of allylic oxidation sites excluding steroid dienone is 2. The molecule has 0 bridgehead atoms. The van der Waals surface area contributed by atoms with Crippen LogP contribution in [0.15, 0.2) is 47.0 Å². The van der Waals surface area contributed by atoms with Crippen LogP contribution in [0.3, 0.4) is 0 Å². The van der Waals surface area contributed by atoms with E-state index in [1.807, 2.05) is 6.07 Å². The standard InChI is InChI=1S/C19H25N.3CO.Fe/c1-16(2)18(14-13-17-9-5-3-6-10-17)15-20-19-11-7-4-8-12-19;3*1-2;/h3,5-6,9-10,13-14,16,19H,4,7-8,11-12H2,1-2H3;;;;/b14-13+;;;;. The first kappa shape index (κ1) is 29.9. The first-order chi connectivity index (χ1) is 12.8. The molecule has 0 amide bonds. The topological polar surface area (TPSA) is 72.1 Å². The average Bonchev–Trinajstić information content (AvgIpc) is 2.74. The van der Waals surface area contributed by atoms with E-state index in [2.05, 4.69) is 81.1 Å². The van der Waals surface area contributed by atoms with Gasteiger partial charge in [0.05, 0.1) is 6.04 Å². The zero-order valence-corrected chi connectivity index (χ0v) is 16.9. The summed E-state index contributed by atoms with van der Waals surface area (Å²) in [5, 5.41) is 0. The third-order valence-corrected chi connectivity index (χ3v) is 3.83. The van der Waals surface area contributed by atoms with E-state index in [1.54, 1.807) is 0 Å². The molecule has 0 aromatic heterocycles. The summed E-state index contributed by atoms with van der Waals surface area (Å²) in [6.45, 7) is 17.9. The van der Waals surface area contributed by atoms with E-state index >= 15 is 0 Å². The molecular weight excluding hydrogens is 382 g/mol. The summed E-state index contributed by atoms with van der Waals surface area (Å²) < 4.78 is 22.5. The number of aliphatic imine (C=N–C) groups is 1. The van der Waals surface area contributed by atoms with Gasteiger partial charge in [-0.1, -0.05) is 69.5 Å². The minimum absolute atomic E-state index is 0. The summed E-state index contributed by atoms with van der Waals surface area (Å²) in [4.78, 5) is 4.68. The molecule has 1 aromatic rings. The molecule has 0 saturated heterocycles. The summed E-state index contributed by atoms with van der Waals surface area (Å²) >= 11 is 0. The average molecular weight is 407 g/mol. The number of nitrogens with zero attached hydrogens (tertiary/aromatic N) is 1. The van der Waals surface area contributed by atoms with Gasteiger partial charge in [0.2, 0.25) is 0 Å². The second-order valence-electron chi connectivity index (χ2n) is 5.89. The van der Waals surface area contributed by atoms with Gasteiger partial charge in [0.1, 0.15) is 0 Å². The van der Waals surface area contributed by atoms with Crippen LogP contribution in [-0.4, -0.2) is 11.9 Å². The van der Waals surface area contributed by atoms with Crippen molar-refractivity contribution in [3.05, 3.63) is 67.5 Å². The minimum Gasteiger partial charge on any atom is 0 e. The van der Waals surface area contributed by atoms with Gasteiger partial charge in [0.25, 0.3) is 0 Å². The van der Waals surface area contributed by atoms with E-state index in [0.29, 0.717) is 12.0 Å². The third kappa shape index (κ3) is 15.0. The van der Waals surface area contributed by atoms with Crippen LogP contribution < -0.4 is 0 Å². The van der Waals surface area contributed by atoms with Crippen LogP contribution >= 0.6 is 0 Å². The molecule has 4 nitrogen and oxygen atoms in total. The molecule has 0 aliphatic heterocycles. The number of hydrogen-bond donors (Lipinski definition) is 0. The van der Waals surface area contributed by atoms with Crippen molar-refractivity contribution in [3.63, 3.8) is 0 Å². The number of hydrogen-bond acceptors (Lipinski definition) is 1. The second-order valence-corrected chi connectivity index (χ2v) is 5.89. The molecule has 0 radical (unpaired) electrons.